The second-order valence-electron chi connectivity index (χ2n) is 6.73. The zero-order valence-corrected chi connectivity index (χ0v) is 15.0. The minimum atomic E-state index is -0.578. The van der Waals surface area contributed by atoms with E-state index in [9.17, 15) is 5.11 Å². The van der Waals surface area contributed by atoms with E-state index >= 15 is 0 Å². The van der Waals surface area contributed by atoms with Crippen molar-refractivity contribution in [1.82, 2.24) is 0 Å². The molecular weight excluding hydrogens is 324 g/mol. The molecule has 0 amide bonds. The Morgan fingerprint density at radius 1 is 0.952 bits per heavy atom. The van der Waals surface area contributed by atoms with Crippen LogP contribution in [0.5, 0.6) is 0 Å². The molecule has 0 fully saturated rings. The SMILES string of the molecule is Cc1cc(C(O)c2ccc(C(C)(C)C)cc2)c(C)cc1Br. The molecule has 0 aliphatic heterocycles. The quantitative estimate of drug-likeness (QED) is 0.766. The van der Waals surface area contributed by atoms with Gasteiger partial charge in [-0.25, -0.2) is 0 Å². The molecule has 1 nitrogen and oxygen atoms in total. The third-order valence-corrected chi connectivity index (χ3v) is 4.79. The molecule has 1 atom stereocenters. The summed E-state index contributed by atoms with van der Waals surface area (Å²) in [6, 6.07) is 12.4. The summed E-state index contributed by atoms with van der Waals surface area (Å²) in [5.74, 6) is 0. The topological polar surface area (TPSA) is 20.2 Å². The molecule has 0 aromatic heterocycles. The van der Waals surface area contributed by atoms with E-state index in [1.54, 1.807) is 0 Å². The van der Waals surface area contributed by atoms with Gasteiger partial charge < -0.3 is 5.11 Å². The van der Waals surface area contributed by atoms with E-state index in [4.69, 9.17) is 0 Å². The third kappa shape index (κ3) is 3.56. The normalized spacial score (nSPS) is 13.3. The molecular formula is C19H23BrO. The van der Waals surface area contributed by atoms with E-state index in [0.717, 1.165) is 26.7 Å². The summed E-state index contributed by atoms with van der Waals surface area (Å²) in [7, 11) is 0. The van der Waals surface area contributed by atoms with Crippen molar-refractivity contribution in [3.8, 4) is 0 Å². The number of benzene rings is 2. The van der Waals surface area contributed by atoms with Crippen LogP contribution in [0, 0.1) is 13.8 Å². The van der Waals surface area contributed by atoms with Crippen LogP contribution < -0.4 is 0 Å². The van der Waals surface area contributed by atoms with Crippen molar-refractivity contribution < 1.29 is 5.11 Å². The number of halogens is 1. The molecule has 0 aliphatic carbocycles. The molecule has 1 N–H and O–H groups in total. The molecule has 1 unspecified atom stereocenters. The van der Waals surface area contributed by atoms with Gasteiger partial charge in [0.1, 0.15) is 6.10 Å². The smallest absolute Gasteiger partial charge is 0.104 e. The van der Waals surface area contributed by atoms with Gasteiger partial charge in [0.2, 0.25) is 0 Å². The lowest BCUT2D eigenvalue weighted by Gasteiger charge is -2.21. The van der Waals surface area contributed by atoms with E-state index in [-0.39, 0.29) is 5.41 Å². The Kier molecular flexibility index (Phi) is 4.60. The van der Waals surface area contributed by atoms with Crippen molar-refractivity contribution in [1.29, 1.82) is 0 Å². The van der Waals surface area contributed by atoms with E-state index < -0.39 is 6.10 Å². The maximum atomic E-state index is 10.7. The summed E-state index contributed by atoms with van der Waals surface area (Å²) in [5.41, 5.74) is 5.56. The minimum absolute atomic E-state index is 0.133. The van der Waals surface area contributed by atoms with Crippen molar-refractivity contribution in [2.24, 2.45) is 0 Å². The molecule has 0 heterocycles. The molecule has 0 bridgehead atoms. The number of hydrogen-bond acceptors (Lipinski definition) is 1. The van der Waals surface area contributed by atoms with Gasteiger partial charge in [0.25, 0.3) is 0 Å². The predicted molar refractivity (Wildman–Crippen MR) is 92.8 cm³/mol. The van der Waals surface area contributed by atoms with Gasteiger partial charge in [-0.2, -0.15) is 0 Å². The lowest BCUT2D eigenvalue weighted by molar-refractivity contribution is 0.219. The lowest BCUT2D eigenvalue weighted by Crippen LogP contribution is -2.11. The zero-order valence-electron chi connectivity index (χ0n) is 13.4. The maximum absolute atomic E-state index is 10.7. The fraction of sp³-hybridized carbons (Fsp3) is 0.368. The first kappa shape index (κ1) is 16.3. The number of hydrogen-bond donors (Lipinski definition) is 1. The molecule has 2 aromatic carbocycles. The molecule has 2 rings (SSSR count). The average Bonchev–Trinajstić information content (AvgIpc) is 2.41. The van der Waals surface area contributed by atoms with Crippen LogP contribution in [0.25, 0.3) is 0 Å². The third-order valence-electron chi connectivity index (χ3n) is 3.93. The lowest BCUT2D eigenvalue weighted by atomic mass is 9.86. The Morgan fingerprint density at radius 2 is 1.52 bits per heavy atom. The Balaban J connectivity index is 2.36. The van der Waals surface area contributed by atoms with Crippen molar-refractivity contribution in [2.75, 3.05) is 0 Å². The van der Waals surface area contributed by atoms with Gasteiger partial charge in [-0.1, -0.05) is 67.0 Å². The molecule has 0 saturated heterocycles. The standard InChI is InChI=1S/C19H23BrO/c1-12-11-17(20)13(2)10-16(12)18(21)14-6-8-15(9-7-14)19(3,4)5/h6-11,18,21H,1-5H3. The van der Waals surface area contributed by atoms with Crippen LogP contribution in [0.2, 0.25) is 0 Å². The van der Waals surface area contributed by atoms with Gasteiger partial charge in [0, 0.05) is 4.47 Å². The van der Waals surface area contributed by atoms with E-state index in [1.165, 1.54) is 5.56 Å². The summed E-state index contributed by atoms with van der Waals surface area (Å²) in [6.07, 6.45) is -0.578. The van der Waals surface area contributed by atoms with E-state index in [2.05, 4.69) is 61.0 Å². The summed E-state index contributed by atoms with van der Waals surface area (Å²) in [4.78, 5) is 0. The average molecular weight is 347 g/mol. The first-order chi connectivity index (χ1) is 9.70. The van der Waals surface area contributed by atoms with Crippen molar-refractivity contribution in [3.05, 3.63) is 68.7 Å². The zero-order chi connectivity index (χ0) is 15.8. The van der Waals surface area contributed by atoms with Crippen LogP contribution in [0.3, 0.4) is 0 Å². The highest BCUT2D eigenvalue weighted by Gasteiger charge is 2.17. The van der Waals surface area contributed by atoms with Gasteiger partial charge in [-0.3, -0.25) is 0 Å². The number of aliphatic hydroxyl groups excluding tert-OH is 1. The van der Waals surface area contributed by atoms with Crippen LogP contribution in [0.4, 0.5) is 0 Å². The second kappa shape index (κ2) is 5.94. The molecule has 0 spiro atoms. The first-order valence-corrected chi connectivity index (χ1v) is 8.04. The highest BCUT2D eigenvalue weighted by Crippen LogP contribution is 2.30. The highest BCUT2D eigenvalue weighted by molar-refractivity contribution is 9.10. The molecule has 0 saturated carbocycles. The molecule has 0 aliphatic rings. The van der Waals surface area contributed by atoms with Crippen LogP contribution in [0.1, 0.15) is 54.7 Å². The van der Waals surface area contributed by atoms with Gasteiger partial charge in [0.05, 0.1) is 0 Å². The number of aryl methyl sites for hydroxylation is 2. The summed E-state index contributed by atoms with van der Waals surface area (Å²) in [5, 5.41) is 10.7. The summed E-state index contributed by atoms with van der Waals surface area (Å²) < 4.78 is 1.08. The number of rotatable bonds is 2. The number of aliphatic hydroxyl groups is 1. The molecule has 2 aromatic rings. The molecule has 0 radical (unpaired) electrons. The molecule has 2 heteroatoms. The van der Waals surface area contributed by atoms with Crippen molar-refractivity contribution in [2.45, 2.75) is 46.1 Å². The van der Waals surface area contributed by atoms with Gasteiger partial charge in [-0.15, -0.1) is 0 Å². The van der Waals surface area contributed by atoms with Crippen LogP contribution in [-0.4, -0.2) is 5.11 Å². The maximum Gasteiger partial charge on any atom is 0.104 e. The van der Waals surface area contributed by atoms with Crippen molar-refractivity contribution in [3.63, 3.8) is 0 Å². The summed E-state index contributed by atoms with van der Waals surface area (Å²) >= 11 is 3.54. The second-order valence-corrected chi connectivity index (χ2v) is 7.59. The fourth-order valence-corrected chi connectivity index (χ4v) is 2.90. The fourth-order valence-electron chi connectivity index (χ4n) is 2.44. The Hall–Kier alpha value is -1.12. The Labute approximate surface area is 136 Å². The van der Waals surface area contributed by atoms with Crippen LogP contribution in [0.15, 0.2) is 40.9 Å². The largest absolute Gasteiger partial charge is 0.384 e. The van der Waals surface area contributed by atoms with Crippen molar-refractivity contribution >= 4 is 15.9 Å². The van der Waals surface area contributed by atoms with Gasteiger partial charge in [-0.05, 0) is 53.1 Å². The van der Waals surface area contributed by atoms with Crippen LogP contribution in [-0.2, 0) is 5.41 Å². The predicted octanol–water partition coefficient (Wildman–Crippen LogP) is 5.45. The minimum Gasteiger partial charge on any atom is -0.384 e. The van der Waals surface area contributed by atoms with Gasteiger partial charge >= 0.3 is 0 Å². The van der Waals surface area contributed by atoms with Gasteiger partial charge in [0.15, 0.2) is 0 Å². The van der Waals surface area contributed by atoms with E-state index in [1.807, 2.05) is 26.0 Å². The molecule has 112 valence electrons. The van der Waals surface area contributed by atoms with E-state index in [0.29, 0.717) is 0 Å². The first-order valence-electron chi connectivity index (χ1n) is 7.25. The Bertz CT molecular complexity index is 636. The highest BCUT2D eigenvalue weighted by atomic mass is 79.9. The Morgan fingerprint density at radius 3 is 2.05 bits per heavy atom. The molecule has 21 heavy (non-hydrogen) atoms. The van der Waals surface area contributed by atoms with Crippen LogP contribution >= 0.6 is 15.9 Å². The summed E-state index contributed by atoms with van der Waals surface area (Å²) in [6.45, 7) is 10.7. The monoisotopic (exact) mass is 346 g/mol.